The fourth-order valence-corrected chi connectivity index (χ4v) is 1.70. The van der Waals surface area contributed by atoms with Crippen molar-refractivity contribution < 1.29 is 0 Å². The molecule has 18 heavy (non-hydrogen) atoms. The van der Waals surface area contributed by atoms with Crippen LogP contribution in [0.1, 0.15) is 18.1 Å². The van der Waals surface area contributed by atoms with Gasteiger partial charge in [0.15, 0.2) is 0 Å². The fourth-order valence-electron chi connectivity index (χ4n) is 1.70. The zero-order chi connectivity index (χ0) is 12.8. The lowest BCUT2D eigenvalue weighted by atomic mass is 10.1. The van der Waals surface area contributed by atoms with Gasteiger partial charge in [-0.05, 0) is 30.2 Å². The summed E-state index contributed by atoms with van der Waals surface area (Å²) in [6.45, 7) is 2.10. The molecule has 0 fully saturated rings. The van der Waals surface area contributed by atoms with Crippen LogP contribution in [-0.2, 0) is 0 Å². The summed E-state index contributed by atoms with van der Waals surface area (Å²) in [5, 5.41) is 0. The van der Waals surface area contributed by atoms with Crippen molar-refractivity contribution in [1.29, 1.82) is 0 Å². The van der Waals surface area contributed by atoms with E-state index in [0.29, 0.717) is 0 Å². The molecule has 0 aliphatic rings. The van der Waals surface area contributed by atoms with Crippen molar-refractivity contribution in [3.05, 3.63) is 77.4 Å². The second-order valence-corrected chi connectivity index (χ2v) is 4.30. The first-order valence-corrected chi connectivity index (χ1v) is 6.01. The average Bonchev–Trinajstić information content (AvgIpc) is 2.39. The maximum absolute atomic E-state index is 5.65. The Morgan fingerprint density at radius 3 is 2.22 bits per heavy atom. The zero-order valence-electron chi connectivity index (χ0n) is 10.5. The third kappa shape index (κ3) is 3.63. The van der Waals surface area contributed by atoms with Crippen LogP contribution in [0.15, 0.2) is 66.2 Å². The Bertz CT molecular complexity index is 548. The molecular formula is C17H17N. The Kier molecular flexibility index (Phi) is 3.98. The molecule has 0 unspecified atom stereocenters. The molecule has 0 aliphatic heterocycles. The number of allylic oxidation sites excluding steroid dienone is 2. The summed E-state index contributed by atoms with van der Waals surface area (Å²) >= 11 is 0. The lowest BCUT2D eigenvalue weighted by Gasteiger charge is -1.97. The van der Waals surface area contributed by atoms with Crippen LogP contribution in [0.2, 0.25) is 0 Å². The normalized spacial score (nSPS) is 11.9. The Morgan fingerprint density at radius 1 is 0.889 bits per heavy atom. The summed E-state index contributed by atoms with van der Waals surface area (Å²) in [6, 6.07) is 18.2. The van der Waals surface area contributed by atoms with Gasteiger partial charge in [0.05, 0.1) is 0 Å². The second-order valence-electron chi connectivity index (χ2n) is 4.30. The highest BCUT2D eigenvalue weighted by molar-refractivity contribution is 5.61. The van der Waals surface area contributed by atoms with E-state index in [1.165, 1.54) is 11.1 Å². The summed E-state index contributed by atoms with van der Waals surface area (Å²) in [7, 11) is 0. The third-order valence-corrected chi connectivity index (χ3v) is 2.67. The van der Waals surface area contributed by atoms with Gasteiger partial charge in [0.25, 0.3) is 0 Å². The van der Waals surface area contributed by atoms with Crippen LogP contribution in [0.5, 0.6) is 0 Å². The molecule has 0 spiro atoms. The van der Waals surface area contributed by atoms with Crippen molar-refractivity contribution in [2.24, 2.45) is 0 Å². The molecule has 0 bridgehead atoms. The van der Waals surface area contributed by atoms with E-state index in [4.69, 9.17) is 5.73 Å². The van der Waals surface area contributed by atoms with Crippen LogP contribution in [0.4, 0.5) is 5.69 Å². The topological polar surface area (TPSA) is 26.0 Å². The van der Waals surface area contributed by atoms with E-state index in [2.05, 4.69) is 37.3 Å². The molecule has 90 valence electrons. The highest BCUT2D eigenvalue weighted by Gasteiger charge is 1.89. The van der Waals surface area contributed by atoms with Gasteiger partial charge >= 0.3 is 0 Å². The van der Waals surface area contributed by atoms with Gasteiger partial charge in [-0.3, -0.25) is 0 Å². The van der Waals surface area contributed by atoms with Gasteiger partial charge < -0.3 is 5.73 Å². The number of nitrogens with two attached hydrogens (primary N) is 1. The van der Waals surface area contributed by atoms with Crippen LogP contribution in [-0.4, -0.2) is 0 Å². The van der Waals surface area contributed by atoms with Gasteiger partial charge in [0, 0.05) is 5.69 Å². The predicted molar refractivity (Wildman–Crippen MR) is 80.0 cm³/mol. The van der Waals surface area contributed by atoms with Crippen molar-refractivity contribution >= 4 is 17.8 Å². The number of benzene rings is 2. The number of nitrogen functional groups attached to an aromatic ring is 1. The second kappa shape index (κ2) is 5.87. The largest absolute Gasteiger partial charge is 0.399 e. The van der Waals surface area contributed by atoms with E-state index in [1.807, 2.05) is 42.5 Å². The molecule has 1 nitrogen and oxygen atoms in total. The molecule has 0 amide bonds. The van der Waals surface area contributed by atoms with Crippen molar-refractivity contribution in [3.8, 4) is 0 Å². The number of anilines is 1. The first-order chi connectivity index (χ1) is 8.74. The maximum atomic E-state index is 5.65. The van der Waals surface area contributed by atoms with Gasteiger partial charge in [-0.2, -0.15) is 0 Å². The lowest BCUT2D eigenvalue weighted by molar-refractivity contribution is 1.54. The van der Waals surface area contributed by atoms with Crippen molar-refractivity contribution in [1.82, 2.24) is 0 Å². The van der Waals surface area contributed by atoms with Crippen molar-refractivity contribution in [2.75, 3.05) is 5.73 Å². The smallest absolute Gasteiger partial charge is 0.0314 e. The minimum atomic E-state index is 0.795. The molecule has 2 rings (SSSR count). The summed E-state index contributed by atoms with van der Waals surface area (Å²) in [5.74, 6) is 0. The van der Waals surface area contributed by atoms with Crippen molar-refractivity contribution in [2.45, 2.75) is 6.92 Å². The average molecular weight is 235 g/mol. The standard InChI is InChI=1S/C17H17N/c1-14(13-16-5-3-2-4-6-16)7-8-15-9-11-17(18)12-10-15/h2-13H,18H2,1H3/b8-7+,14-13+. The molecule has 0 atom stereocenters. The van der Waals surface area contributed by atoms with Gasteiger partial charge in [0.1, 0.15) is 0 Å². The van der Waals surface area contributed by atoms with Gasteiger partial charge in [-0.15, -0.1) is 0 Å². The monoisotopic (exact) mass is 235 g/mol. The van der Waals surface area contributed by atoms with E-state index in [0.717, 1.165) is 11.3 Å². The highest BCUT2D eigenvalue weighted by Crippen LogP contribution is 2.11. The molecule has 2 aromatic rings. The molecule has 0 saturated heterocycles. The summed E-state index contributed by atoms with van der Waals surface area (Å²) < 4.78 is 0. The first kappa shape index (κ1) is 12.2. The maximum Gasteiger partial charge on any atom is 0.0314 e. The zero-order valence-corrected chi connectivity index (χ0v) is 10.5. The molecule has 0 heterocycles. The number of hydrogen-bond acceptors (Lipinski definition) is 1. The minimum absolute atomic E-state index is 0.795. The van der Waals surface area contributed by atoms with Gasteiger partial charge in [0.2, 0.25) is 0 Å². The van der Waals surface area contributed by atoms with E-state index < -0.39 is 0 Å². The molecule has 2 N–H and O–H groups in total. The molecule has 0 saturated carbocycles. The Balaban J connectivity index is 2.09. The summed E-state index contributed by atoms with van der Waals surface area (Å²) in [4.78, 5) is 0. The number of rotatable bonds is 3. The molecule has 0 radical (unpaired) electrons. The van der Waals surface area contributed by atoms with Crippen LogP contribution >= 0.6 is 0 Å². The van der Waals surface area contributed by atoms with Crippen molar-refractivity contribution in [3.63, 3.8) is 0 Å². The van der Waals surface area contributed by atoms with E-state index in [1.54, 1.807) is 0 Å². The molecule has 0 aliphatic carbocycles. The van der Waals surface area contributed by atoms with E-state index in [-0.39, 0.29) is 0 Å². The van der Waals surface area contributed by atoms with E-state index >= 15 is 0 Å². The SMILES string of the molecule is CC(/C=C/c1ccc(N)cc1)=C\c1ccccc1. The minimum Gasteiger partial charge on any atom is -0.399 e. The predicted octanol–water partition coefficient (Wildman–Crippen LogP) is 4.39. The van der Waals surface area contributed by atoms with Crippen LogP contribution < -0.4 is 5.73 Å². The van der Waals surface area contributed by atoms with Gasteiger partial charge in [-0.25, -0.2) is 0 Å². The summed E-state index contributed by atoms with van der Waals surface area (Å²) in [5.41, 5.74) is 10.0. The van der Waals surface area contributed by atoms with Crippen LogP contribution in [0.25, 0.3) is 12.2 Å². The molecule has 2 aromatic carbocycles. The van der Waals surface area contributed by atoms with Crippen LogP contribution in [0.3, 0.4) is 0 Å². The fraction of sp³-hybridized carbons (Fsp3) is 0.0588. The molecule has 1 heteroatoms. The molecule has 0 aromatic heterocycles. The Morgan fingerprint density at radius 2 is 1.56 bits per heavy atom. The summed E-state index contributed by atoms with van der Waals surface area (Å²) in [6.07, 6.45) is 6.36. The molecular weight excluding hydrogens is 218 g/mol. The number of hydrogen-bond donors (Lipinski definition) is 1. The van der Waals surface area contributed by atoms with Crippen LogP contribution in [0, 0.1) is 0 Å². The highest BCUT2D eigenvalue weighted by atomic mass is 14.5. The third-order valence-electron chi connectivity index (χ3n) is 2.67. The lowest BCUT2D eigenvalue weighted by Crippen LogP contribution is -1.82. The Labute approximate surface area is 108 Å². The quantitative estimate of drug-likeness (QED) is 0.620. The van der Waals surface area contributed by atoms with E-state index in [9.17, 15) is 0 Å². The van der Waals surface area contributed by atoms with Gasteiger partial charge in [-0.1, -0.05) is 66.3 Å². The Hall–Kier alpha value is -2.28. The first-order valence-electron chi connectivity index (χ1n) is 6.01.